The Morgan fingerprint density at radius 1 is 1.11 bits per heavy atom. The van der Waals surface area contributed by atoms with Crippen LogP contribution in [0.3, 0.4) is 0 Å². The zero-order chi connectivity index (χ0) is 13.9. The van der Waals surface area contributed by atoms with Gasteiger partial charge in [-0.3, -0.25) is 0 Å². The molecule has 0 radical (unpaired) electrons. The highest BCUT2D eigenvalue weighted by molar-refractivity contribution is 5.76. The SMILES string of the molecule is NCCCCCn1c(C(F)(F)F)nc2ccccc21. The first-order valence-corrected chi connectivity index (χ1v) is 6.26. The molecule has 6 heteroatoms. The Hall–Kier alpha value is -1.56. The molecule has 0 aliphatic heterocycles. The monoisotopic (exact) mass is 271 g/mol. The Balaban J connectivity index is 2.32. The first kappa shape index (κ1) is 13.9. The van der Waals surface area contributed by atoms with Gasteiger partial charge in [-0.2, -0.15) is 13.2 Å². The first-order chi connectivity index (χ1) is 9.04. The summed E-state index contributed by atoms with van der Waals surface area (Å²) in [6.45, 7) is 0.881. The van der Waals surface area contributed by atoms with Crippen molar-refractivity contribution in [3.05, 3.63) is 30.1 Å². The third kappa shape index (κ3) is 3.07. The molecule has 1 aromatic heterocycles. The molecule has 104 valence electrons. The molecule has 0 atom stereocenters. The highest BCUT2D eigenvalue weighted by Gasteiger charge is 2.37. The van der Waals surface area contributed by atoms with Crippen molar-refractivity contribution in [2.45, 2.75) is 32.0 Å². The normalized spacial score (nSPS) is 12.2. The molecule has 1 heterocycles. The molecule has 0 aliphatic carbocycles. The number of nitrogens with zero attached hydrogens (tertiary/aromatic N) is 2. The van der Waals surface area contributed by atoms with Gasteiger partial charge in [-0.25, -0.2) is 4.98 Å². The fourth-order valence-corrected chi connectivity index (χ4v) is 2.11. The second-order valence-electron chi connectivity index (χ2n) is 4.42. The van der Waals surface area contributed by atoms with Crippen LogP contribution >= 0.6 is 0 Å². The van der Waals surface area contributed by atoms with E-state index in [4.69, 9.17) is 5.73 Å². The molecule has 0 amide bonds. The zero-order valence-electron chi connectivity index (χ0n) is 10.5. The van der Waals surface area contributed by atoms with Crippen molar-refractivity contribution >= 4 is 11.0 Å². The summed E-state index contributed by atoms with van der Waals surface area (Å²) in [7, 11) is 0. The molecule has 1 aromatic carbocycles. The predicted molar refractivity (Wildman–Crippen MR) is 67.6 cm³/mol. The Morgan fingerprint density at radius 2 is 1.84 bits per heavy atom. The first-order valence-electron chi connectivity index (χ1n) is 6.26. The lowest BCUT2D eigenvalue weighted by Crippen LogP contribution is -2.15. The Morgan fingerprint density at radius 3 is 2.53 bits per heavy atom. The number of benzene rings is 1. The van der Waals surface area contributed by atoms with Crippen LogP contribution in [0.2, 0.25) is 0 Å². The summed E-state index contributed by atoms with van der Waals surface area (Å²) in [5.74, 6) is -0.818. The number of nitrogens with two attached hydrogens (primary N) is 1. The molecule has 0 spiro atoms. The summed E-state index contributed by atoms with van der Waals surface area (Å²) in [5, 5.41) is 0. The van der Waals surface area contributed by atoms with Gasteiger partial charge in [0.05, 0.1) is 11.0 Å². The van der Waals surface area contributed by atoms with E-state index in [1.165, 1.54) is 4.57 Å². The molecule has 0 bridgehead atoms. The van der Waals surface area contributed by atoms with E-state index >= 15 is 0 Å². The number of aryl methyl sites for hydroxylation is 1. The van der Waals surface area contributed by atoms with Gasteiger partial charge in [-0.05, 0) is 31.5 Å². The van der Waals surface area contributed by atoms with Gasteiger partial charge < -0.3 is 10.3 Å². The van der Waals surface area contributed by atoms with Crippen molar-refractivity contribution in [2.75, 3.05) is 6.54 Å². The molecular weight excluding hydrogens is 255 g/mol. The zero-order valence-corrected chi connectivity index (χ0v) is 10.5. The van der Waals surface area contributed by atoms with E-state index in [2.05, 4.69) is 4.98 Å². The van der Waals surface area contributed by atoms with Crippen LogP contribution in [0, 0.1) is 0 Å². The maximum absolute atomic E-state index is 13.0. The van der Waals surface area contributed by atoms with E-state index in [-0.39, 0.29) is 0 Å². The van der Waals surface area contributed by atoms with Crippen LogP contribution in [0.15, 0.2) is 24.3 Å². The molecule has 2 rings (SSSR count). The summed E-state index contributed by atoms with van der Waals surface area (Å²) in [6.07, 6.45) is -2.11. The van der Waals surface area contributed by atoms with Crippen molar-refractivity contribution in [3.8, 4) is 0 Å². The Labute approximate surface area is 109 Å². The van der Waals surface area contributed by atoms with E-state index < -0.39 is 12.0 Å². The fourth-order valence-electron chi connectivity index (χ4n) is 2.11. The van der Waals surface area contributed by atoms with Crippen LogP contribution in [0.25, 0.3) is 11.0 Å². The predicted octanol–water partition coefficient (Wildman–Crippen LogP) is 3.18. The number of imidazole rings is 1. The van der Waals surface area contributed by atoms with Gasteiger partial charge in [-0.1, -0.05) is 18.6 Å². The fraction of sp³-hybridized carbons (Fsp3) is 0.462. The molecule has 2 aromatic rings. The van der Waals surface area contributed by atoms with Gasteiger partial charge in [0.25, 0.3) is 0 Å². The molecule has 0 fully saturated rings. The van der Waals surface area contributed by atoms with Gasteiger partial charge in [-0.15, -0.1) is 0 Å². The van der Waals surface area contributed by atoms with Crippen LogP contribution < -0.4 is 5.73 Å². The van der Waals surface area contributed by atoms with E-state index in [0.717, 1.165) is 12.8 Å². The molecule has 3 nitrogen and oxygen atoms in total. The lowest BCUT2D eigenvalue weighted by atomic mass is 10.2. The average Bonchev–Trinajstić information content (AvgIpc) is 2.74. The third-order valence-corrected chi connectivity index (χ3v) is 2.99. The number of para-hydroxylation sites is 2. The maximum Gasteiger partial charge on any atom is 0.449 e. The molecule has 0 saturated heterocycles. The molecule has 19 heavy (non-hydrogen) atoms. The number of fused-ring (bicyclic) bond motifs is 1. The van der Waals surface area contributed by atoms with Gasteiger partial charge in [0.1, 0.15) is 0 Å². The van der Waals surface area contributed by atoms with Crippen molar-refractivity contribution in [1.29, 1.82) is 0 Å². The van der Waals surface area contributed by atoms with E-state index in [0.29, 0.717) is 30.5 Å². The van der Waals surface area contributed by atoms with Crippen LogP contribution in [0.1, 0.15) is 25.1 Å². The van der Waals surface area contributed by atoms with Gasteiger partial charge >= 0.3 is 6.18 Å². The second-order valence-corrected chi connectivity index (χ2v) is 4.42. The molecule has 2 N–H and O–H groups in total. The van der Waals surface area contributed by atoms with Crippen LogP contribution in [0.5, 0.6) is 0 Å². The van der Waals surface area contributed by atoms with Crippen LogP contribution in [-0.4, -0.2) is 16.1 Å². The molecule has 0 aliphatic rings. The highest BCUT2D eigenvalue weighted by atomic mass is 19.4. The lowest BCUT2D eigenvalue weighted by molar-refractivity contribution is -0.147. The second kappa shape index (κ2) is 5.61. The van der Waals surface area contributed by atoms with Crippen molar-refractivity contribution in [3.63, 3.8) is 0 Å². The average molecular weight is 271 g/mol. The summed E-state index contributed by atoms with van der Waals surface area (Å²) in [4.78, 5) is 3.70. The Kier molecular flexibility index (Phi) is 4.09. The highest BCUT2D eigenvalue weighted by Crippen LogP contribution is 2.31. The largest absolute Gasteiger partial charge is 0.449 e. The smallest absolute Gasteiger partial charge is 0.330 e. The molecular formula is C13H16F3N3. The number of alkyl halides is 3. The summed E-state index contributed by atoms with van der Waals surface area (Å²) < 4.78 is 40.1. The summed E-state index contributed by atoms with van der Waals surface area (Å²) in [6, 6.07) is 6.68. The maximum atomic E-state index is 13.0. The van der Waals surface area contributed by atoms with Gasteiger partial charge in [0, 0.05) is 6.54 Å². The van der Waals surface area contributed by atoms with Crippen molar-refractivity contribution in [1.82, 2.24) is 9.55 Å². The molecule has 0 saturated carbocycles. The minimum atomic E-state index is -4.42. The minimum absolute atomic E-state index is 0.315. The number of halogens is 3. The standard InChI is InChI=1S/C13H16F3N3/c14-13(15,16)12-18-10-6-2-3-7-11(10)19(12)9-5-1-4-8-17/h2-3,6-7H,1,4-5,8-9,17H2. The quantitative estimate of drug-likeness (QED) is 0.849. The van der Waals surface area contributed by atoms with Crippen LogP contribution in [0.4, 0.5) is 13.2 Å². The van der Waals surface area contributed by atoms with Crippen molar-refractivity contribution in [2.24, 2.45) is 5.73 Å². The molecule has 0 unspecified atom stereocenters. The number of unbranched alkanes of at least 4 members (excludes halogenated alkanes) is 2. The van der Waals surface area contributed by atoms with Gasteiger partial charge in [0.15, 0.2) is 0 Å². The number of hydrogen-bond donors (Lipinski definition) is 1. The number of hydrogen-bond acceptors (Lipinski definition) is 2. The summed E-state index contributed by atoms with van der Waals surface area (Å²) >= 11 is 0. The Bertz CT molecular complexity index is 546. The van der Waals surface area contributed by atoms with Crippen LogP contribution in [-0.2, 0) is 12.7 Å². The van der Waals surface area contributed by atoms with E-state index in [9.17, 15) is 13.2 Å². The van der Waals surface area contributed by atoms with Crippen molar-refractivity contribution < 1.29 is 13.2 Å². The third-order valence-electron chi connectivity index (χ3n) is 2.99. The minimum Gasteiger partial charge on any atom is -0.330 e. The summed E-state index contributed by atoms with van der Waals surface area (Å²) in [5.41, 5.74) is 6.29. The number of rotatable bonds is 5. The van der Waals surface area contributed by atoms with E-state index in [1.807, 2.05) is 0 Å². The van der Waals surface area contributed by atoms with E-state index in [1.54, 1.807) is 24.3 Å². The number of aromatic nitrogens is 2. The van der Waals surface area contributed by atoms with Gasteiger partial charge in [0.2, 0.25) is 5.82 Å². The topological polar surface area (TPSA) is 43.8 Å². The lowest BCUT2D eigenvalue weighted by Gasteiger charge is -2.11.